The van der Waals surface area contributed by atoms with Crippen LogP contribution < -0.4 is 0 Å². The average molecular weight is 808 g/mol. The van der Waals surface area contributed by atoms with Crippen LogP contribution in [0.25, 0.3) is 10.9 Å². The average Bonchev–Trinajstić information content (AvgIpc) is 3.52. The van der Waals surface area contributed by atoms with Gasteiger partial charge >= 0.3 is 12.1 Å². The van der Waals surface area contributed by atoms with E-state index < -0.39 is 89.4 Å². The number of amides is 1. The smallest absolute Gasteiger partial charge is 0.411 e. The maximum Gasteiger partial charge on any atom is 0.411 e. The highest BCUT2D eigenvalue weighted by atomic mass is 16.7. The number of aryl methyl sites for hydroxylation is 1. The fourth-order valence-electron chi connectivity index (χ4n) is 10.7. The maximum absolute atomic E-state index is 15.1. The van der Waals surface area contributed by atoms with Gasteiger partial charge in [0.1, 0.15) is 23.9 Å². The second-order valence-electron chi connectivity index (χ2n) is 17.8. The maximum atomic E-state index is 15.1. The number of aliphatic hydroxyl groups is 1. The lowest BCUT2D eigenvalue weighted by Gasteiger charge is -2.47. The number of pyridine rings is 1. The third kappa shape index (κ3) is 7.70. The minimum absolute atomic E-state index is 0.128. The van der Waals surface area contributed by atoms with Gasteiger partial charge in [-0.05, 0) is 97.0 Å². The second-order valence-corrected chi connectivity index (χ2v) is 17.8. The van der Waals surface area contributed by atoms with Crippen LogP contribution in [-0.4, -0.2) is 119 Å². The summed E-state index contributed by atoms with van der Waals surface area (Å²) >= 11 is 0. The summed E-state index contributed by atoms with van der Waals surface area (Å²) in [4.78, 5) is 66.8. The lowest BCUT2D eigenvalue weighted by Crippen LogP contribution is -2.61. The Morgan fingerprint density at radius 2 is 1.72 bits per heavy atom. The van der Waals surface area contributed by atoms with Crippen molar-refractivity contribution < 1.29 is 48.0 Å². The molecule has 1 amide bonds. The van der Waals surface area contributed by atoms with E-state index in [0.29, 0.717) is 12.8 Å². The molecular formula is C45H65N3O10. The van der Waals surface area contributed by atoms with Gasteiger partial charge in [0.2, 0.25) is 0 Å². The summed E-state index contributed by atoms with van der Waals surface area (Å²) in [5.74, 6) is -4.97. The molecule has 1 aliphatic carbocycles. The van der Waals surface area contributed by atoms with Crippen LogP contribution in [0.4, 0.5) is 4.79 Å². The number of nitrogens with zero attached hydrogens (tertiary/aromatic N) is 3. The molecule has 0 saturated carbocycles. The Labute approximate surface area is 343 Å². The Morgan fingerprint density at radius 3 is 2.38 bits per heavy atom. The van der Waals surface area contributed by atoms with Gasteiger partial charge in [0.05, 0.1) is 35.4 Å². The number of ether oxygens (including phenoxy) is 5. The fourth-order valence-corrected chi connectivity index (χ4v) is 10.7. The molecule has 58 heavy (non-hydrogen) atoms. The van der Waals surface area contributed by atoms with Gasteiger partial charge in [-0.3, -0.25) is 24.3 Å². The normalized spacial score (nSPS) is 39.2. The molecule has 1 aromatic carbocycles. The van der Waals surface area contributed by atoms with Gasteiger partial charge in [0.25, 0.3) is 0 Å². The van der Waals surface area contributed by atoms with Crippen LogP contribution in [0.1, 0.15) is 111 Å². The molecule has 2 unspecified atom stereocenters. The molecule has 1 aromatic heterocycles. The number of methoxy groups -OCH3 is 1. The third-order valence-electron chi connectivity index (χ3n) is 14.0. The number of aromatic nitrogens is 1. The van der Waals surface area contributed by atoms with Crippen molar-refractivity contribution in [2.75, 3.05) is 21.2 Å². The number of rotatable bonds is 7. The van der Waals surface area contributed by atoms with E-state index in [9.17, 15) is 19.5 Å². The van der Waals surface area contributed by atoms with Crippen LogP contribution in [0.5, 0.6) is 0 Å². The SMILES string of the molecule is CC[C@H]1OC(=O)[C@H](C)C(=O)[C@H](C)[C@@H](OC2O[C@H](C)C[C@H](N(C)C)[C@H]2O)[C@](C)(OC)C[C@@H](C)C(=O)[C@H](C)[C@H]2N(C3CCCc4c3cnc3ccccc43)C(=O)O[C@]12CC. The number of para-hydroxylation sites is 1. The summed E-state index contributed by atoms with van der Waals surface area (Å²) in [5, 5.41) is 12.5. The van der Waals surface area contributed by atoms with Crippen LogP contribution >= 0.6 is 0 Å². The molecule has 0 bridgehead atoms. The molecule has 6 rings (SSSR count). The van der Waals surface area contributed by atoms with Gasteiger partial charge in [-0.15, -0.1) is 0 Å². The number of fused-ring (bicyclic) bond motifs is 4. The highest BCUT2D eigenvalue weighted by molar-refractivity contribution is 6.00. The molecule has 4 heterocycles. The Hall–Kier alpha value is -3.49. The lowest BCUT2D eigenvalue weighted by atomic mass is 9.71. The highest BCUT2D eigenvalue weighted by Gasteiger charge is 2.63. The monoisotopic (exact) mass is 807 g/mol. The van der Waals surface area contributed by atoms with E-state index in [0.717, 1.165) is 34.9 Å². The minimum Gasteiger partial charge on any atom is -0.457 e. The first-order valence-electron chi connectivity index (χ1n) is 21.3. The molecule has 14 atom stereocenters. The summed E-state index contributed by atoms with van der Waals surface area (Å²) in [7, 11) is 5.27. The van der Waals surface area contributed by atoms with Gasteiger partial charge in [-0.25, -0.2) is 4.79 Å². The van der Waals surface area contributed by atoms with Crippen molar-refractivity contribution >= 4 is 34.5 Å². The van der Waals surface area contributed by atoms with E-state index >= 15 is 4.79 Å². The molecule has 2 aromatic rings. The number of hydrogen-bond donors (Lipinski definition) is 1. The number of likely N-dealkylation sites (N-methyl/N-ethyl adjacent to an activating group) is 1. The van der Waals surface area contributed by atoms with Gasteiger partial charge in [0, 0.05) is 42.5 Å². The Morgan fingerprint density at radius 1 is 1.02 bits per heavy atom. The number of Topliss-reactive ketones (excluding diaryl/α,β-unsaturated/α-hetero) is 2. The number of aliphatic hydroxyl groups excluding tert-OH is 1. The summed E-state index contributed by atoms with van der Waals surface area (Å²) in [5.41, 5.74) is 0.238. The molecule has 0 radical (unpaired) electrons. The second kappa shape index (κ2) is 17.2. The fraction of sp³-hybridized carbons (Fsp3) is 0.711. The third-order valence-corrected chi connectivity index (χ3v) is 14.0. The van der Waals surface area contributed by atoms with Gasteiger partial charge < -0.3 is 33.7 Å². The number of carbonyl (C=O) groups excluding carboxylic acids is 4. The van der Waals surface area contributed by atoms with Crippen LogP contribution in [0.3, 0.4) is 0 Å². The van der Waals surface area contributed by atoms with E-state index in [1.807, 2.05) is 78.0 Å². The molecule has 320 valence electrons. The molecule has 0 spiro atoms. The molecule has 1 N–H and O–H groups in total. The van der Waals surface area contributed by atoms with Crippen LogP contribution in [0, 0.1) is 23.7 Å². The molecule has 13 heteroatoms. The summed E-state index contributed by atoms with van der Waals surface area (Å²) < 4.78 is 31.9. The van der Waals surface area contributed by atoms with Gasteiger partial charge in [0.15, 0.2) is 17.7 Å². The summed E-state index contributed by atoms with van der Waals surface area (Å²) in [6, 6.07) is 6.43. The Bertz CT molecular complexity index is 1860. The van der Waals surface area contributed by atoms with Crippen molar-refractivity contribution in [2.24, 2.45) is 23.7 Å². The zero-order valence-corrected chi connectivity index (χ0v) is 36.2. The molecule has 3 saturated heterocycles. The van der Waals surface area contributed by atoms with Crippen LogP contribution in [0.2, 0.25) is 0 Å². The molecular weight excluding hydrogens is 743 g/mol. The standard InChI is InChI=1S/C45H65N3O10/c1-12-35-45(13-2)39(48(43(53)58-45)33-20-16-18-29-30-17-14-15-19-32(30)46-23-31(29)33)26(5)36(49)24(3)22-44(8,54-11)40(27(6)37(50)28(7)41(52)56-35)57-42-38(51)34(47(9)10)21-25(4)55-42/h14-15,17,19,23-28,33-35,38-40,42,51H,12-13,16,18,20-22H2,1-11H3/t24-,25-,26+,27+,28-,33?,34+,35-,38-,39-,40-,42?,44-,45-/m1/s1. The number of esters is 1. The first-order chi connectivity index (χ1) is 27.4. The van der Waals surface area contributed by atoms with Crippen molar-refractivity contribution in [1.82, 2.24) is 14.8 Å². The van der Waals surface area contributed by atoms with E-state index in [2.05, 4.69) is 6.07 Å². The van der Waals surface area contributed by atoms with Gasteiger partial charge in [-0.1, -0.05) is 52.8 Å². The quantitative estimate of drug-likeness (QED) is 0.250. The Kier molecular flexibility index (Phi) is 13.1. The van der Waals surface area contributed by atoms with E-state index in [1.165, 1.54) is 14.0 Å². The van der Waals surface area contributed by atoms with E-state index in [1.54, 1.807) is 18.7 Å². The number of hydrogen-bond acceptors (Lipinski definition) is 12. The molecule has 13 nitrogen and oxygen atoms in total. The topological polar surface area (TPSA) is 154 Å². The zero-order valence-electron chi connectivity index (χ0n) is 36.2. The zero-order chi connectivity index (χ0) is 42.4. The van der Waals surface area contributed by atoms with Crippen LogP contribution in [0.15, 0.2) is 30.5 Å². The summed E-state index contributed by atoms with van der Waals surface area (Å²) in [6.07, 6.45) is 0.326. The minimum atomic E-state index is -1.40. The predicted octanol–water partition coefficient (Wildman–Crippen LogP) is 6.21. The van der Waals surface area contributed by atoms with Crippen LogP contribution in [-0.2, 0) is 44.5 Å². The first-order valence-corrected chi connectivity index (χ1v) is 21.3. The lowest BCUT2D eigenvalue weighted by molar-refractivity contribution is -0.295. The van der Waals surface area contributed by atoms with E-state index in [-0.39, 0.29) is 37.2 Å². The molecule has 3 fully saturated rings. The van der Waals surface area contributed by atoms with Crippen molar-refractivity contribution in [1.29, 1.82) is 0 Å². The molecule has 4 aliphatic rings. The largest absolute Gasteiger partial charge is 0.457 e. The predicted molar refractivity (Wildman–Crippen MR) is 217 cm³/mol. The van der Waals surface area contributed by atoms with Crippen molar-refractivity contribution in [3.63, 3.8) is 0 Å². The van der Waals surface area contributed by atoms with Crippen molar-refractivity contribution in [3.8, 4) is 0 Å². The van der Waals surface area contributed by atoms with Crippen molar-refractivity contribution in [2.45, 2.75) is 160 Å². The van der Waals surface area contributed by atoms with Crippen molar-refractivity contribution in [3.05, 3.63) is 41.6 Å². The van der Waals surface area contributed by atoms with Gasteiger partial charge in [-0.2, -0.15) is 0 Å². The van der Waals surface area contributed by atoms with E-state index in [4.69, 9.17) is 28.7 Å². The highest BCUT2D eigenvalue weighted by Crippen LogP contribution is 2.50. The molecule has 3 aliphatic heterocycles. The number of cyclic esters (lactones) is 1. The number of ketones is 2. The number of carbonyl (C=O) groups is 4. The Balaban J connectivity index is 1.45. The summed E-state index contributed by atoms with van der Waals surface area (Å²) in [6.45, 7) is 14.3. The first kappa shape index (κ1) is 44.1. The number of benzene rings is 1.